The van der Waals surface area contributed by atoms with Gasteiger partial charge in [0, 0.05) is 12.2 Å². The van der Waals surface area contributed by atoms with E-state index in [0.717, 1.165) is 5.56 Å². The second-order valence-corrected chi connectivity index (χ2v) is 4.75. The number of nitrogens with zero attached hydrogens (tertiary/aromatic N) is 2. The van der Waals surface area contributed by atoms with Gasteiger partial charge >= 0.3 is 0 Å². The van der Waals surface area contributed by atoms with Crippen molar-refractivity contribution < 1.29 is 4.74 Å². The topological polar surface area (TPSA) is 35.0 Å². The lowest BCUT2D eigenvalue weighted by Gasteiger charge is -2.17. The second kappa shape index (κ2) is 6.33. The van der Waals surface area contributed by atoms with Gasteiger partial charge in [-0.1, -0.05) is 53.5 Å². The molecule has 0 spiro atoms. The summed E-state index contributed by atoms with van der Waals surface area (Å²) in [4.78, 5) is 8.55. The van der Waals surface area contributed by atoms with Gasteiger partial charge in [0.05, 0.1) is 0 Å². The van der Waals surface area contributed by atoms with Gasteiger partial charge in [-0.2, -0.15) is 0 Å². The van der Waals surface area contributed by atoms with E-state index in [0.29, 0.717) is 28.3 Å². The Morgan fingerprint density at radius 3 is 2.21 bits per heavy atom. The number of hydrogen-bond acceptors (Lipinski definition) is 3. The van der Waals surface area contributed by atoms with Crippen LogP contribution in [0.15, 0.2) is 30.3 Å². The van der Waals surface area contributed by atoms with Crippen molar-refractivity contribution in [1.82, 2.24) is 9.97 Å². The largest absolute Gasteiger partial charge is 0.366 e. The van der Waals surface area contributed by atoms with E-state index in [4.69, 9.17) is 27.9 Å². The smallest absolute Gasteiger partial charge is 0.165 e. The van der Waals surface area contributed by atoms with Crippen molar-refractivity contribution in [2.45, 2.75) is 20.0 Å². The van der Waals surface area contributed by atoms with Crippen LogP contribution in [0.5, 0.6) is 0 Å². The van der Waals surface area contributed by atoms with Gasteiger partial charge in [-0.25, -0.2) is 9.97 Å². The summed E-state index contributed by atoms with van der Waals surface area (Å²) in [5.41, 5.74) is 1.65. The van der Waals surface area contributed by atoms with E-state index in [1.807, 2.05) is 37.3 Å². The first-order valence-electron chi connectivity index (χ1n) is 5.99. The number of ether oxygens (including phenoxy) is 1. The highest BCUT2D eigenvalue weighted by Gasteiger charge is 2.19. The Hall–Kier alpha value is -1.16. The zero-order chi connectivity index (χ0) is 13.8. The first kappa shape index (κ1) is 14.3. The maximum Gasteiger partial charge on any atom is 0.165 e. The number of hydrogen-bond donors (Lipinski definition) is 0. The second-order valence-electron chi connectivity index (χ2n) is 4.03. The molecule has 0 amide bonds. The average molecular weight is 297 g/mol. The molecule has 0 aliphatic rings. The predicted octanol–water partition coefficient (Wildman–Crippen LogP) is 4.22. The van der Waals surface area contributed by atoms with Crippen molar-refractivity contribution in [3.8, 4) is 0 Å². The molecule has 1 unspecified atom stereocenters. The van der Waals surface area contributed by atoms with Gasteiger partial charge in [-0.05, 0) is 19.4 Å². The van der Waals surface area contributed by atoms with Crippen molar-refractivity contribution in [2.24, 2.45) is 0 Å². The average Bonchev–Trinajstić information content (AvgIpc) is 2.42. The minimum atomic E-state index is -0.359. The van der Waals surface area contributed by atoms with Gasteiger partial charge in [-0.3, -0.25) is 0 Å². The molecule has 0 bridgehead atoms. The van der Waals surface area contributed by atoms with Crippen molar-refractivity contribution in [1.29, 1.82) is 0 Å². The van der Waals surface area contributed by atoms with Crippen LogP contribution >= 0.6 is 23.2 Å². The summed E-state index contributed by atoms with van der Waals surface area (Å²) in [6.07, 6.45) is -0.359. The Morgan fingerprint density at radius 2 is 1.68 bits per heavy atom. The minimum absolute atomic E-state index is 0.357. The van der Waals surface area contributed by atoms with Crippen LogP contribution in [0, 0.1) is 6.92 Å². The van der Waals surface area contributed by atoms with Gasteiger partial charge in [0.2, 0.25) is 0 Å². The highest BCUT2D eigenvalue weighted by Crippen LogP contribution is 2.27. The minimum Gasteiger partial charge on any atom is -0.366 e. The highest BCUT2D eigenvalue weighted by atomic mass is 35.5. The SMILES string of the molecule is CCOC(c1ccccc1)c1nc(Cl)c(C)c(Cl)n1. The molecule has 1 heterocycles. The molecule has 5 heteroatoms. The number of halogens is 2. The van der Waals surface area contributed by atoms with E-state index in [2.05, 4.69) is 9.97 Å². The Balaban J connectivity index is 2.45. The van der Waals surface area contributed by atoms with E-state index in [1.54, 1.807) is 6.92 Å². The molecule has 2 aromatic rings. The molecule has 2 rings (SSSR count). The maximum absolute atomic E-state index is 6.06. The van der Waals surface area contributed by atoms with Crippen molar-refractivity contribution in [2.75, 3.05) is 6.61 Å². The summed E-state index contributed by atoms with van der Waals surface area (Å²) in [5, 5.41) is 0.714. The Labute approximate surface area is 122 Å². The number of rotatable bonds is 4. The molecule has 0 saturated heterocycles. The predicted molar refractivity (Wildman–Crippen MR) is 76.7 cm³/mol. The lowest BCUT2D eigenvalue weighted by molar-refractivity contribution is 0.0851. The standard InChI is InChI=1S/C14H14Cl2N2O/c1-3-19-11(10-7-5-4-6-8-10)14-17-12(15)9(2)13(16)18-14/h4-8,11H,3H2,1-2H3. The van der Waals surface area contributed by atoms with Crippen LogP contribution in [-0.2, 0) is 4.74 Å². The monoisotopic (exact) mass is 296 g/mol. The third-order valence-electron chi connectivity index (χ3n) is 2.71. The quantitative estimate of drug-likeness (QED) is 0.793. The molecule has 100 valence electrons. The van der Waals surface area contributed by atoms with Gasteiger partial charge < -0.3 is 4.74 Å². The maximum atomic E-state index is 6.06. The zero-order valence-electron chi connectivity index (χ0n) is 10.7. The third kappa shape index (κ3) is 3.24. The van der Waals surface area contributed by atoms with E-state index >= 15 is 0 Å². The summed E-state index contributed by atoms with van der Waals surface area (Å²) in [6, 6.07) is 9.76. The van der Waals surface area contributed by atoms with Crippen LogP contribution in [-0.4, -0.2) is 16.6 Å². The molecule has 0 N–H and O–H groups in total. The fraction of sp³-hybridized carbons (Fsp3) is 0.286. The molecule has 0 saturated carbocycles. The fourth-order valence-electron chi connectivity index (χ4n) is 1.71. The summed E-state index contributed by atoms with van der Waals surface area (Å²) >= 11 is 12.1. The molecule has 1 atom stereocenters. The molecule has 1 aromatic heterocycles. The van der Waals surface area contributed by atoms with Crippen molar-refractivity contribution in [3.63, 3.8) is 0 Å². The molecule has 0 aliphatic carbocycles. The van der Waals surface area contributed by atoms with Crippen LogP contribution in [0.3, 0.4) is 0 Å². The van der Waals surface area contributed by atoms with E-state index in [9.17, 15) is 0 Å². The molecule has 1 aromatic carbocycles. The number of benzene rings is 1. The molecule has 0 radical (unpaired) electrons. The molecular formula is C14H14Cl2N2O. The number of aromatic nitrogens is 2. The molecular weight excluding hydrogens is 283 g/mol. The normalized spacial score (nSPS) is 12.4. The zero-order valence-corrected chi connectivity index (χ0v) is 12.2. The summed E-state index contributed by atoms with van der Waals surface area (Å²) in [5.74, 6) is 0.480. The first-order chi connectivity index (χ1) is 9.13. The summed E-state index contributed by atoms with van der Waals surface area (Å²) in [6.45, 7) is 4.26. The van der Waals surface area contributed by atoms with Gasteiger partial charge in [-0.15, -0.1) is 0 Å². The van der Waals surface area contributed by atoms with E-state index < -0.39 is 0 Å². The van der Waals surface area contributed by atoms with E-state index in [1.165, 1.54) is 0 Å². The van der Waals surface area contributed by atoms with Crippen LogP contribution in [0.4, 0.5) is 0 Å². The Morgan fingerprint density at radius 1 is 1.11 bits per heavy atom. The van der Waals surface area contributed by atoms with Gasteiger partial charge in [0.1, 0.15) is 16.4 Å². The lowest BCUT2D eigenvalue weighted by Crippen LogP contribution is -2.11. The lowest BCUT2D eigenvalue weighted by atomic mass is 10.1. The van der Waals surface area contributed by atoms with Crippen LogP contribution in [0.2, 0.25) is 10.3 Å². The van der Waals surface area contributed by atoms with Gasteiger partial charge in [0.25, 0.3) is 0 Å². The fourth-order valence-corrected chi connectivity index (χ4v) is 2.11. The Bertz CT molecular complexity index is 538. The molecule has 3 nitrogen and oxygen atoms in total. The third-order valence-corrected chi connectivity index (χ3v) is 3.45. The van der Waals surface area contributed by atoms with Crippen LogP contribution < -0.4 is 0 Å². The van der Waals surface area contributed by atoms with Crippen molar-refractivity contribution >= 4 is 23.2 Å². The van der Waals surface area contributed by atoms with Gasteiger partial charge in [0.15, 0.2) is 5.82 Å². The molecule has 0 fully saturated rings. The Kier molecular flexibility index (Phi) is 4.75. The molecule has 19 heavy (non-hydrogen) atoms. The summed E-state index contributed by atoms with van der Waals surface area (Å²) in [7, 11) is 0. The van der Waals surface area contributed by atoms with Crippen LogP contribution in [0.25, 0.3) is 0 Å². The molecule has 0 aliphatic heterocycles. The highest BCUT2D eigenvalue weighted by molar-refractivity contribution is 6.34. The van der Waals surface area contributed by atoms with Crippen molar-refractivity contribution in [3.05, 3.63) is 57.6 Å². The van der Waals surface area contributed by atoms with Crippen LogP contribution in [0.1, 0.15) is 30.0 Å². The van der Waals surface area contributed by atoms with E-state index in [-0.39, 0.29) is 6.10 Å². The summed E-state index contributed by atoms with van der Waals surface area (Å²) < 4.78 is 5.72. The first-order valence-corrected chi connectivity index (χ1v) is 6.75.